The Morgan fingerprint density at radius 3 is 1.91 bits per heavy atom. The molecule has 0 spiro atoms. The maximum absolute atomic E-state index is 13.6. The van der Waals surface area contributed by atoms with Crippen LogP contribution in [0.3, 0.4) is 0 Å². The second-order valence-corrected chi connectivity index (χ2v) is 18.2. The van der Waals surface area contributed by atoms with Crippen molar-refractivity contribution in [1.29, 1.82) is 0 Å². The van der Waals surface area contributed by atoms with Gasteiger partial charge in [-0.25, -0.2) is 14.8 Å². The van der Waals surface area contributed by atoms with Crippen molar-refractivity contribution >= 4 is 62.7 Å². The highest BCUT2D eigenvalue weighted by atomic mass is 32.1. The zero-order chi connectivity index (χ0) is 47.5. The third kappa shape index (κ3) is 15.0. The summed E-state index contributed by atoms with van der Waals surface area (Å²) < 4.78 is 34.5. The van der Waals surface area contributed by atoms with Crippen molar-refractivity contribution in [1.82, 2.24) is 4.98 Å². The first-order chi connectivity index (χ1) is 32.5. The number of fused-ring (bicyclic) bond motifs is 1. The van der Waals surface area contributed by atoms with Crippen LogP contribution in [-0.2, 0) is 33.4 Å². The Bertz CT molecular complexity index is 2280. The van der Waals surface area contributed by atoms with E-state index in [2.05, 4.69) is 20.4 Å². The number of nitrogens with zero attached hydrogens (tertiary/aromatic N) is 3. The summed E-state index contributed by atoms with van der Waals surface area (Å²) in [5.74, 6) is -1.56. The zero-order valence-electron chi connectivity index (χ0n) is 38.9. The minimum absolute atomic E-state index is 0.00299. The summed E-state index contributed by atoms with van der Waals surface area (Å²) in [7, 11) is 1.38. The molecule has 2 saturated carbocycles. The van der Waals surface area contributed by atoms with Gasteiger partial charge in [0.15, 0.2) is 0 Å². The highest BCUT2D eigenvalue weighted by Crippen LogP contribution is 2.35. The molecule has 0 saturated heterocycles. The standard InChI is InChI=1S/C52H63N3O11S/c1-5-7-14-35(3)55(52-54-44-15-10-11-16-46(44)67-52)53-34-40-33-43(29-30-45(40)66-51(60)39-19-17-36(18-20-39)48(57)61-4)65-50(59)38-23-21-37(22-24-38)49(58)64-42-27-25-41(26-28-42)62-31-12-8-9-13-32-63-47(56)6-2/h6,10-11,15-16,25-30,33-39H,2,5,7-9,12-14,17-24,31-32H2,1,3-4H3/b53-34+. The van der Waals surface area contributed by atoms with Crippen LogP contribution in [0.5, 0.6) is 23.0 Å². The summed E-state index contributed by atoms with van der Waals surface area (Å²) in [6, 6.07) is 19.8. The summed E-state index contributed by atoms with van der Waals surface area (Å²) in [5, 5.41) is 7.57. The fraction of sp³-hybridized carbons (Fsp3) is 0.481. The SMILES string of the molecule is C=CC(=O)OCCCCCCOc1ccc(OC(=O)C2CCC(C(=O)Oc3ccc(OC(=O)C4CCC(C(=O)OC)CC4)c(/C=N/N(c4nc5ccccc5s4)C(C)CCCC)c3)CC2)cc1. The third-order valence-corrected chi connectivity index (χ3v) is 13.4. The van der Waals surface area contributed by atoms with Gasteiger partial charge in [0.1, 0.15) is 23.0 Å². The van der Waals surface area contributed by atoms with E-state index in [9.17, 15) is 24.0 Å². The molecule has 0 amide bonds. The van der Waals surface area contributed by atoms with Crippen LogP contribution >= 0.6 is 11.3 Å². The van der Waals surface area contributed by atoms with Crippen LogP contribution in [0.2, 0.25) is 0 Å². The van der Waals surface area contributed by atoms with Crippen LogP contribution in [0.25, 0.3) is 10.2 Å². The number of carbonyl (C=O) groups excluding carboxylic acids is 5. The molecule has 15 heteroatoms. The van der Waals surface area contributed by atoms with Gasteiger partial charge in [0.25, 0.3) is 0 Å². The summed E-state index contributed by atoms with van der Waals surface area (Å²) in [5.41, 5.74) is 1.32. The summed E-state index contributed by atoms with van der Waals surface area (Å²) in [4.78, 5) is 68.5. The number of anilines is 1. The van der Waals surface area contributed by atoms with E-state index in [4.69, 9.17) is 38.5 Å². The van der Waals surface area contributed by atoms with Gasteiger partial charge in [0, 0.05) is 11.6 Å². The number of aromatic nitrogens is 1. The molecule has 0 N–H and O–H groups in total. The number of ether oxygens (including phenoxy) is 6. The van der Waals surface area contributed by atoms with Gasteiger partial charge in [-0.2, -0.15) is 5.10 Å². The first-order valence-electron chi connectivity index (χ1n) is 23.6. The molecule has 2 aliphatic rings. The quantitative estimate of drug-likeness (QED) is 0.0172. The van der Waals surface area contributed by atoms with E-state index >= 15 is 0 Å². The van der Waals surface area contributed by atoms with E-state index in [0.717, 1.165) is 66.4 Å². The lowest BCUT2D eigenvalue weighted by molar-refractivity contribution is -0.149. The Hall–Kier alpha value is -6.09. The molecule has 6 rings (SSSR count). The average Bonchev–Trinajstić information content (AvgIpc) is 3.79. The number of unbranched alkanes of at least 4 members (excludes halogenated alkanes) is 4. The van der Waals surface area contributed by atoms with Crippen molar-refractivity contribution in [3.8, 4) is 23.0 Å². The second kappa shape index (κ2) is 25.7. The van der Waals surface area contributed by atoms with E-state index in [1.807, 2.05) is 29.3 Å². The Kier molecular flexibility index (Phi) is 19.3. The van der Waals surface area contributed by atoms with Crippen molar-refractivity contribution in [3.05, 3.63) is 84.9 Å². The van der Waals surface area contributed by atoms with Crippen LogP contribution in [0.4, 0.5) is 5.13 Å². The molecule has 1 heterocycles. The molecule has 1 unspecified atom stereocenters. The molecular weight excluding hydrogens is 875 g/mol. The van der Waals surface area contributed by atoms with Crippen LogP contribution in [0.1, 0.15) is 116 Å². The van der Waals surface area contributed by atoms with Gasteiger partial charge in [0.2, 0.25) is 5.13 Å². The molecule has 14 nitrogen and oxygen atoms in total. The third-order valence-electron chi connectivity index (χ3n) is 12.4. The maximum Gasteiger partial charge on any atom is 0.330 e. The molecule has 358 valence electrons. The van der Waals surface area contributed by atoms with Crippen molar-refractivity contribution in [2.45, 2.75) is 116 Å². The predicted molar refractivity (Wildman–Crippen MR) is 256 cm³/mol. The topological polar surface area (TPSA) is 169 Å². The fourth-order valence-electron chi connectivity index (χ4n) is 8.31. The number of thiazole rings is 1. The van der Waals surface area contributed by atoms with Gasteiger partial charge in [0.05, 0.1) is 66.5 Å². The number of hydrogen-bond acceptors (Lipinski definition) is 15. The highest BCUT2D eigenvalue weighted by Gasteiger charge is 2.34. The van der Waals surface area contributed by atoms with Crippen molar-refractivity contribution in [2.75, 3.05) is 25.3 Å². The largest absolute Gasteiger partial charge is 0.494 e. The molecule has 0 aliphatic heterocycles. The Morgan fingerprint density at radius 1 is 0.731 bits per heavy atom. The monoisotopic (exact) mass is 937 g/mol. The van der Waals surface area contributed by atoms with Gasteiger partial charge < -0.3 is 28.4 Å². The van der Waals surface area contributed by atoms with E-state index in [1.54, 1.807) is 60.0 Å². The normalized spacial score (nSPS) is 18.7. The fourth-order valence-corrected chi connectivity index (χ4v) is 9.34. The van der Waals surface area contributed by atoms with E-state index in [-0.39, 0.29) is 47.2 Å². The molecule has 4 aromatic rings. The lowest BCUT2D eigenvalue weighted by atomic mass is 9.82. The van der Waals surface area contributed by atoms with Gasteiger partial charge in [-0.05, 0) is 145 Å². The minimum Gasteiger partial charge on any atom is -0.494 e. The second-order valence-electron chi connectivity index (χ2n) is 17.2. The van der Waals surface area contributed by atoms with Crippen LogP contribution in [0, 0.1) is 23.7 Å². The molecule has 2 aliphatic carbocycles. The van der Waals surface area contributed by atoms with Gasteiger partial charge in [-0.1, -0.05) is 49.8 Å². The maximum atomic E-state index is 13.6. The smallest absolute Gasteiger partial charge is 0.330 e. The average molecular weight is 938 g/mol. The van der Waals surface area contributed by atoms with Gasteiger partial charge in [-0.3, -0.25) is 19.2 Å². The van der Waals surface area contributed by atoms with Crippen molar-refractivity contribution in [3.63, 3.8) is 0 Å². The molecule has 3 aromatic carbocycles. The molecule has 0 radical (unpaired) electrons. The Morgan fingerprint density at radius 2 is 1.30 bits per heavy atom. The molecule has 1 aromatic heterocycles. The number of hydrogen-bond donors (Lipinski definition) is 0. The molecule has 2 fully saturated rings. The van der Waals surface area contributed by atoms with Gasteiger partial charge >= 0.3 is 29.8 Å². The number of para-hydroxylation sites is 1. The minimum atomic E-state index is -0.418. The summed E-state index contributed by atoms with van der Waals surface area (Å²) in [6.07, 6.45) is 13.1. The molecule has 0 bridgehead atoms. The number of esters is 5. The highest BCUT2D eigenvalue weighted by molar-refractivity contribution is 7.22. The predicted octanol–water partition coefficient (Wildman–Crippen LogP) is 10.6. The first kappa shape index (κ1) is 50.3. The van der Waals surface area contributed by atoms with E-state index < -0.39 is 23.8 Å². The number of rotatable bonds is 23. The Balaban J connectivity index is 1.05. The lowest BCUT2D eigenvalue weighted by Gasteiger charge is -2.26. The summed E-state index contributed by atoms with van der Waals surface area (Å²) >= 11 is 1.54. The van der Waals surface area contributed by atoms with Crippen LogP contribution in [-0.4, -0.2) is 67.4 Å². The Labute approximate surface area is 397 Å². The molecule has 67 heavy (non-hydrogen) atoms. The number of methoxy groups -OCH3 is 1. The number of hydrazone groups is 1. The van der Waals surface area contributed by atoms with Crippen LogP contribution < -0.4 is 24.0 Å². The van der Waals surface area contributed by atoms with Crippen molar-refractivity contribution in [2.24, 2.45) is 28.8 Å². The zero-order valence-corrected chi connectivity index (χ0v) is 39.7. The first-order valence-corrected chi connectivity index (χ1v) is 24.4. The van der Waals surface area contributed by atoms with Gasteiger partial charge in [-0.15, -0.1) is 0 Å². The molecular formula is C52H63N3O11S. The van der Waals surface area contributed by atoms with Crippen LogP contribution in [0.15, 0.2) is 84.5 Å². The van der Waals surface area contributed by atoms with Crippen molar-refractivity contribution < 1.29 is 52.4 Å². The number of benzene rings is 3. The van der Waals surface area contributed by atoms with E-state index in [1.165, 1.54) is 7.11 Å². The van der Waals surface area contributed by atoms with E-state index in [0.29, 0.717) is 81.6 Å². The number of carbonyl (C=O) groups is 5. The summed E-state index contributed by atoms with van der Waals surface area (Å²) in [6.45, 7) is 8.56. The molecule has 1 atom stereocenters. The lowest BCUT2D eigenvalue weighted by Crippen LogP contribution is -2.30.